The first-order valence-electron chi connectivity index (χ1n) is 5.39. The predicted molar refractivity (Wildman–Crippen MR) is 62.7 cm³/mol. The minimum atomic E-state index is -3.56. The van der Waals surface area contributed by atoms with Crippen molar-refractivity contribution in [2.45, 2.75) is 23.8 Å². The van der Waals surface area contributed by atoms with E-state index in [9.17, 15) is 17.6 Å². The molecule has 98 valence electrons. The molecule has 0 radical (unpaired) electrons. The Balaban J connectivity index is 2.27. The number of hydrogen-bond acceptors (Lipinski definition) is 4. The molecule has 1 atom stereocenters. The number of carboxylic acids is 1. The van der Waals surface area contributed by atoms with Gasteiger partial charge in [-0.3, -0.25) is 4.79 Å². The summed E-state index contributed by atoms with van der Waals surface area (Å²) in [6.45, 7) is 0. The van der Waals surface area contributed by atoms with Gasteiger partial charge in [0.15, 0.2) is 9.84 Å². The molecule has 0 aliphatic carbocycles. The lowest BCUT2D eigenvalue weighted by atomic mass is 10.1. The van der Waals surface area contributed by atoms with E-state index in [1.54, 1.807) is 0 Å². The van der Waals surface area contributed by atoms with E-state index in [2.05, 4.69) is 5.32 Å². The van der Waals surface area contributed by atoms with Gasteiger partial charge in [-0.1, -0.05) is 0 Å². The van der Waals surface area contributed by atoms with Crippen molar-refractivity contribution in [3.8, 4) is 0 Å². The minimum Gasteiger partial charge on any atom is -0.481 e. The summed E-state index contributed by atoms with van der Waals surface area (Å²) in [6.07, 6.45) is 0.106. The van der Waals surface area contributed by atoms with Gasteiger partial charge in [-0.15, -0.1) is 0 Å². The van der Waals surface area contributed by atoms with Gasteiger partial charge in [0.25, 0.3) is 0 Å². The summed E-state index contributed by atoms with van der Waals surface area (Å²) in [5.41, 5.74) is 0.332. The maximum atomic E-state index is 13.0. The number of halogens is 1. The molecule has 0 amide bonds. The molecule has 1 aliphatic rings. The van der Waals surface area contributed by atoms with Crippen molar-refractivity contribution in [3.05, 3.63) is 24.0 Å². The molecule has 0 saturated heterocycles. The Morgan fingerprint density at radius 1 is 1.50 bits per heavy atom. The molecule has 1 aliphatic heterocycles. The number of nitrogens with one attached hydrogen (secondary N) is 1. The maximum Gasteiger partial charge on any atom is 0.303 e. The van der Waals surface area contributed by atoms with Crippen LogP contribution < -0.4 is 5.32 Å². The third-order valence-electron chi connectivity index (χ3n) is 2.77. The molecule has 0 fully saturated rings. The average Bonchev–Trinajstić information content (AvgIpc) is 2.27. The summed E-state index contributed by atoms with van der Waals surface area (Å²) in [5.74, 6) is -1.79. The largest absolute Gasteiger partial charge is 0.481 e. The lowest BCUT2D eigenvalue weighted by Gasteiger charge is -2.26. The zero-order valence-electron chi connectivity index (χ0n) is 9.39. The van der Waals surface area contributed by atoms with Crippen LogP contribution in [0.4, 0.5) is 10.1 Å². The molecule has 0 bridgehead atoms. The number of rotatable bonds is 3. The van der Waals surface area contributed by atoms with E-state index in [1.807, 2.05) is 0 Å². The minimum absolute atomic E-state index is 0.0610. The summed E-state index contributed by atoms with van der Waals surface area (Å²) in [7, 11) is -3.56. The van der Waals surface area contributed by atoms with Crippen molar-refractivity contribution in [3.63, 3.8) is 0 Å². The standard InChI is InChI=1S/C11H12FNO4S/c12-7-1-3-9-10(5-7)18(16,17)6-8(13-9)2-4-11(14)15/h1,3,5,8,13H,2,4,6H2,(H,14,15). The Morgan fingerprint density at radius 2 is 2.22 bits per heavy atom. The van der Waals surface area contributed by atoms with Crippen molar-refractivity contribution in [2.75, 3.05) is 11.1 Å². The number of benzene rings is 1. The van der Waals surface area contributed by atoms with E-state index >= 15 is 0 Å². The van der Waals surface area contributed by atoms with E-state index in [1.165, 1.54) is 12.1 Å². The van der Waals surface area contributed by atoms with Gasteiger partial charge in [-0.05, 0) is 24.6 Å². The summed E-state index contributed by atoms with van der Waals surface area (Å²) >= 11 is 0. The fraction of sp³-hybridized carbons (Fsp3) is 0.364. The van der Waals surface area contributed by atoms with Crippen LogP contribution >= 0.6 is 0 Å². The van der Waals surface area contributed by atoms with Crippen molar-refractivity contribution in [2.24, 2.45) is 0 Å². The van der Waals surface area contributed by atoms with E-state index in [-0.39, 0.29) is 23.5 Å². The molecule has 1 unspecified atom stereocenters. The van der Waals surface area contributed by atoms with Crippen molar-refractivity contribution in [1.29, 1.82) is 0 Å². The number of fused-ring (bicyclic) bond motifs is 1. The van der Waals surface area contributed by atoms with E-state index < -0.39 is 27.7 Å². The quantitative estimate of drug-likeness (QED) is 0.866. The second kappa shape index (κ2) is 4.56. The van der Waals surface area contributed by atoms with Gasteiger partial charge >= 0.3 is 5.97 Å². The third kappa shape index (κ3) is 2.61. The van der Waals surface area contributed by atoms with E-state index in [4.69, 9.17) is 5.11 Å². The molecule has 0 saturated carbocycles. The topological polar surface area (TPSA) is 83.5 Å². The summed E-state index contributed by atoms with van der Waals surface area (Å²) in [6, 6.07) is 3.05. The average molecular weight is 273 g/mol. The highest BCUT2D eigenvalue weighted by Gasteiger charge is 2.30. The van der Waals surface area contributed by atoms with Crippen molar-refractivity contribution >= 4 is 21.5 Å². The molecule has 7 heteroatoms. The van der Waals surface area contributed by atoms with Crippen molar-refractivity contribution in [1.82, 2.24) is 0 Å². The molecular weight excluding hydrogens is 261 g/mol. The highest BCUT2D eigenvalue weighted by atomic mass is 32.2. The number of hydrogen-bond donors (Lipinski definition) is 2. The van der Waals surface area contributed by atoms with Gasteiger partial charge in [0.1, 0.15) is 5.82 Å². The molecule has 2 N–H and O–H groups in total. The van der Waals surface area contributed by atoms with Gasteiger partial charge < -0.3 is 10.4 Å². The number of carbonyl (C=O) groups is 1. The number of carboxylic acid groups (broad SMARTS) is 1. The molecule has 1 aromatic carbocycles. The van der Waals surface area contributed by atoms with Crippen LogP contribution in [0.3, 0.4) is 0 Å². The lowest BCUT2D eigenvalue weighted by molar-refractivity contribution is -0.137. The molecule has 2 rings (SSSR count). The summed E-state index contributed by atoms with van der Waals surface area (Å²) < 4.78 is 36.9. The monoisotopic (exact) mass is 273 g/mol. The van der Waals surface area contributed by atoms with Crippen LogP contribution in [-0.2, 0) is 14.6 Å². The van der Waals surface area contributed by atoms with Gasteiger partial charge in [-0.25, -0.2) is 12.8 Å². The van der Waals surface area contributed by atoms with Gasteiger partial charge in [0, 0.05) is 12.5 Å². The fourth-order valence-corrected chi connectivity index (χ4v) is 3.66. The number of sulfone groups is 1. The zero-order valence-corrected chi connectivity index (χ0v) is 10.2. The second-order valence-corrected chi connectivity index (χ2v) is 6.20. The van der Waals surface area contributed by atoms with Gasteiger partial charge in [0.2, 0.25) is 0 Å². The fourth-order valence-electron chi connectivity index (χ4n) is 1.94. The first-order valence-corrected chi connectivity index (χ1v) is 7.04. The molecular formula is C11H12FNO4S. The van der Waals surface area contributed by atoms with Crippen molar-refractivity contribution < 1.29 is 22.7 Å². The molecule has 1 aromatic rings. The highest BCUT2D eigenvalue weighted by molar-refractivity contribution is 7.91. The number of aliphatic carboxylic acids is 1. The van der Waals surface area contributed by atoms with Crippen LogP contribution in [0.5, 0.6) is 0 Å². The second-order valence-electron chi connectivity index (χ2n) is 4.20. The first kappa shape index (κ1) is 12.8. The Labute approximate surface area is 104 Å². The summed E-state index contributed by atoms with van der Waals surface area (Å²) in [4.78, 5) is 10.4. The maximum absolute atomic E-state index is 13.0. The van der Waals surface area contributed by atoms with Crippen LogP contribution in [0.25, 0.3) is 0 Å². The van der Waals surface area contributed by atoms with E-state index in [0.29, 0.717) is 5.69 Å². The molecule has 1 heterocycles. The Kier molecular flexibility index (Phi) is 3.25. The zero-order chi connectivity index (χ0) is 13.3. The molecule has 0 spiro atoms. The lowest BCUT2D eigenvalue weighted by Crippen LogP contribution is -2.34. The van der Waals surface area contributed by atoms with Crippen LogP contribution in [-0.4, -0.2) is 31.3 Å². The molecule has 0 aromatic heterocycles. The van der Waals surface area contributed by atoms with Crippen LogP contribution in [0, 0.1) is 5.82 Å². The normalized spacial score (nSPS) is 20.8. The smallest absolute Gasteiger partial charge is 0.303 e. The molecule has 18 heavy (non-hydrogen) atoms. The Bertz CT molecular complexity index is 585. The number of anilines is 1. The van der Waals surface area contributed by atoms with Crippen LogP contribution in [0.2, 0.25) is 0 Å². The SMILES string of the molecule is O=C(O)CCC1CS(=O)(=O)c2cc(F)ccc2N1. The highest BCUT2D eigenvalue weighted by Crippen LogP contribution is 2.30. The summed E-state index contributed by atoms with van der Waals surface area (Å²) in [5, 5.41) is 11.5. The predicted octanol–water partition coefficient (Wildman–Crippen LogP) is 1.26. The third-order valence-corrected chi connectivity index (χ3v) is 4.61. The first-order chi connectivity index (χ1) is 8.38. The van der Waals surface area contributed by atoms with Gasteiger partial charge in [-0.2, -0.15) is 0 Å². The Morgan fingerprint density at radius 3 is 2.89 bits per heavy atom. The van der Waals surface area contributed by atoms with Crippen LogP contribution in [0.1, 0.15) is 12.8 Å². The Hall–Kier alpha value is -1.63. The van der Waals surface area contributed by atoms with Gasteiger partial charge in [0.05, 0.1) is 16.3 Å². The van der Waals surface area contributed by atoms with E-state index in [0.717, 1.165) is 6.07 Å². The molecule has 5 nitrogen and oxygen atoms in total. The van der Waals surface area contributed by atoms with Crippen LogP contribution in [0.15, 0.2) is 23.1 Å².